The molecule has 0 aliphatic carbocycles. The van der Waals surface area contributed by atoms with E-state index in [1.165, 1.54) is 0 Å². The quantitative estimate of drug-likeness (QED) is 0.387. The van der Waals surface area contributed by atoms with Crippen molar-refractivity contribution in [2.45, 2.75) is 0 Å². The molecule has 0 saturated carbocycles. The van der Waals surface area contributed by atoms with Gasteiger partial charge in [-0.1, -0.05) is 0 Å². The Morgan fingerprint density at radius 2 is 2.33 bits per heavy atom. The van der Waals surface area contributed by atoms with Crippen LogP contribution in [0.4, 0.5) is 0 Å². The Kier molecular flexibility index (Phi) is 12.0. The second kappa shape index (κ2) is 10.0. The summed E-state index contributed by atoms with van der Waals surface area (Å²) in [4.78, 5) is 12.2. The summed E-state index contributed by atoms with van der Waals surface area (Å²) in [5.41, 5.74) is 0. The topological polar surface area (TPSA) is 96.7 Å². The van der Waals surface area contributed by atoms with Crippen LogP contribution < -0.4 is 11.5 Å². The Bertz CT molecular complexity index is 77.9. The first kappa shape index (κ1) is 10.8. The molecular weight excluding hydrogens is 122 g/mol. The number of carboxylic acid groups (broad SMARTS) is 1. The van der Waals surface area contributed by atoms with Gasteiger partial charge in [0.05, 0.1) is 12.9 Å². The van der Waals surface area contributed by atoms with E-state index in [4.69, 9.17) is 9.90 Å². The molecule has 0 fully saturated rings. The highest BCUT2D eigenvalue weighted by atomic mass is 16.3. The van der Waals surface area contributed by atoms with Crippen molar-refractivity contribution in [2.75, 3.05) is 13.1 Å². The molecule has 1 heterocycles. The zero-order chi connectivity index (χ0) is 6.24. The lowest BCUT2D eigenvalue weighted by molar-refractivity contribution is -0.122. The largest absolute Gasteiger partial charge is 0.483 e. The average Bonchev–Trinajstić information content (AvgIpc) is 2.17. The number of hydrogen-bond donors (Lipinski definition) is 3. The monoisotopic (exact) mass is 133 g/mol. The van der Waals surface area contributed by atoms with Crippen LogP contribution in [-0.4, -0.2) is 31.0 Å². The highest BCUT2D eigenvalue weighted by Gasteiger charge is 1.82. The summed E-state index contributed by atoms with van der Waals surface area (Å²) in [5.74, 6) is 0. The zero-order valence-electron chi connectivity index (χ0n) is 5.08. The summed E-state index contributed by atoms with van der Waals surface area (Å²) in [6.07, 6.45) is 1.74. The predicted octanol–water partition coefficient (Wildman–Crippen LogP) is -0.519. The van der Waals surface area contributed by atoms with Crippen molar-refractivity contribution in [2.24, 2.45) is 4.99 Å². The Labute approximate surface area is 53.4 Å². The summed E-state index contributed by atoms with van der Waals surface area (Å²) >= 11 is 0. The van der Waals surface area contributed by atoms with E-state index in [2.05, 4.69) is 10.3 Å². The van der Waals surface area contributed by atoms with Gasteiger partial charge in [-0.2, -0.15) is 0 Å². The van der Waals surface area contributed by atoms with Crippen molar-refractivity contribution in [1.29, 1.82) is 0 Å². The maximum Gasteiger partial charge on any atom is 0.290 e. The van der Waals surface area contributed by atoms with Gasteiger partial charge in [-0.25, -0.2) is 0 Å². The Morgan fingerprint density at radius 1 is 1.78 bits per heavy atom. The molecule has 1 aliphatic rings. The number of nitrogens with one attached hydrogen (secondary N) is 1. The fourth-order valence-electron chi connectivity index (χ4n) is 0.323. The molecule has 0 unspecified atom stereocenters. The minimum Gasteiger partial charge on any atom is -0.483 e. The van der Waals surface area contributed by atoms with Crippen LogP contribution in [0.5, 0.6) is 0 Å². The number of aliphatic imine (C=N–C) groups is 1. The first-order valence-corrected chi connectivity index (χ1v) is 2.21. The number of nitrogens with zero attached hydrogens (tertiary/aromatic N) is 1. The van der Waals surface area contributed by atoms with Gasteiger partial charge >= 0.3 is 0 Å². The molecule has 0 atom stereocenters. The van der Waals surface area contributed by atoms with E-state index >= 15 is 0 Å². The molecule has 0 radical (unpaired) electrons. The van der Waals surface area contributed by atoms with Gasteiger partial charge in [-0.15, -0.1) is 0 Å². The lowest BCUT2D eigenvalue weighted by Gasteiger charge is -1.75. The molecule has 0 amide bonds. The lowest BCUT2D eigenvalue weighted by Crippen LogP contribution is -2.04. The Balaban J connectivity index is 0. The van der Waals surface area contributed by atoms with Crippen LogP contribution in [0.1, 0.15) is 0 Å². The molecule has 1 rings (SSSR count). The van der Waals surface area contributed by atoms with Gasteiger partial charge in [-0.3, -0.25) is 9.79 Å². The molecule has 5 nitrogen and oxygen atoms in total. The van der Waals surface area contributed by atoms with Crippen LogP contribution in [0, 0.1) is 0 Å². The molecular formula is C4H11N3O2. The normalized spacial score (nSPS) is 12.0. The lowest BCUT2D eigenvalue weighted by atomic mass is 10.7. The summed E-state index contributed by atoms with van der Waals surface area (Å²) in [6.45, 7) is 1.74. The van der Waals surface area contributed by atoms with Gasteiger partial charge in [0.1, 0.15) is 0 Å². The molecule has 5 N–H and O–H groups in total. The van der Waals surface area contributed by atoms with Crippen molar-refractivity contribution in [3.05, 3.63) is 0 Å². The third kappa shape index (κ3) is 10.9. The second-order valence-corrected chi connectivity index (χ2v) is 1.09. The van der Waals surface area contributed by atoms with Crippen LogP contribution >= 0.6 is 0 Å². The fourth-order valence-corrected chi connectivity index (χ4v) is 0.323. The molecule has 5 heteroatoms. The summed E-state index contributed by atoms with van der Waals surface area (Å²) in [6, 6.07) is 0. The molecule has 1 aliphatic heterocycles. The molecule has 0 aromatic heterocycles. The van der Waals surface area contributed by atoms with Crippen molar-refractivity contribution in [3.8, 4) is 0 Å². The third-order valence-corrected chi connectivity index (χ3v) is 0.568. The summed E-state index contributed by atoms with van der Waals surface area (Å²) in [5, 5.41) is 9.82. The van der Waals surface area contributed by atoms with Crippen LogP contribution in [0.2, 0.25) is 0 Å². The van der Waals surface area contributed by atoms with Crippen LogP contribution in [0.3, 0.4) is 0 Å². The Hall–Kier alpha value is -1.10. The van der Waals surface area contributed by atoms with Crippen LogP contribution in [0.15, 0.2) is 4.99 Å². The molecule has 0 aromatic carbocycles. The molecule has 54 valence electrons. The highest BCUT2D eigenvalue weighted by molar-refractivity contribution is 5.56. The predicted molar refractivity (Wildman–Crippen MR) is 35.1 cm³/mol. The summed E-state index contributed by atoms with van der Waals surface area (Å²) < 4.78 is 0. The van der Waals surface area contributed by atoms with Crippen LogP contribution in [-0.2, 0) is 4.79 Å². The van der Waals surface area contributed by atoms with Gasteiger partial charge in [0, 0.05) is 6.54 Å². The number of carbonyl (C=O) groups is 1. The molecule has 9 heavy (non-hydrogen) atoms. The van der Waals surface area contributed by atoms with Crippen molar-refractivity contribution in [1.82, 2.24) is 11.5 Å². The van der Waals surface area contributed by atoms with E-state index in [1.807, 2.05) is 0 Å². The molecule has 0 saturated heterocycles. The first-order chi connectivity index (χ1) is 3.91. The maximum absolute atomic E-state index is 8.36. The minimum absolute atomic E-state index is 0. The minimum atomic E-state index is -0.250. The molecule has 0 spiro atoms. The fraction of sp³-hybridized carbons (Fsp3) is 0.500. The smallest absolute Gasteiger partial charge is 0.290 e. The average molecular weight is 133 g/mol. The standard InChI is InChI=1S/C3H6N2.CH2O2.H3N/c1-2-5-3-4-1;2-1-3;/h3H,1-2H2,(H,4,5);1H,(H,2,3);1H3. The number of hydrogen-bond acceptors (Lipinski definition) is 4. The van der Waals surface area contributed by atoms with E-state index < -0.39 is 0 Å². The van der Waals surface area contributed by atoms with Crippen molar-refractivity contribution < 1.29 is 9.90 Å². The first-order valence-electron chi connectivity index (χ1n) is 2.21. The zero-order valence-corrected chi connectivity index (χ0v) is 5.08. The van der Waals surface area contributed by atoms with Gasteiger partial charge < -0.3 is 16.6 Å². The number of rotatable bonds is 0. The van der Waals surface area contributed by atoms with Crippen molar-refractivity contribution >= 4 is 12.8 Å². The Morgan fingerprint density at radius 3 is 2.44 bits per heavy atom. The second-order valence-electron chi connectivity index (χ2n) is 1.09. The van der Waals surface area contributed by atoms with Gasteiger partial charge in [0.15, 0.2) is 0 Å². The highest BCUT2D eigenvalue weighted by Crippen LogP contribution is 1.68. The van der Waals surface area contributed by atoms with E-state index in [0.717, 1.165) is 13.1 Å². The van der Waals surface area contributed by atoms with Gasteiger partial charge in [0.25, 0.3) is 6.47 Å². The van der Waals surface area contributed by atoms with Crippen molar-refractivity contribution in [3.63, 3.8) is 0 Å². The third-order valence-electron chi connectivity index (χ3n) is 0.568. The van der Waals surface area contributed by atoms with Gasteiger partial charge in [0.2, 0.25) is 0 Å². The van der Waals surface area contributed by atoms with E-state index in [1.54, 1.807) is 6.34 Å². The van der Waals surface area contributed by atoms with Gasteiger partial charge in [-0.05, 0) is 0 Å². The van der Waals surface area contributed by atoms with E-state index in [9.17, 15) is 0 Å². The summed E-state index contributed by atoms with van der Waals surface area (Å²) in [7, 11) is 0. The van der Waals surface area contributed by atoms with Crippen LogP contribution in [0.25, 0.3) is 0 Å². The van der Waals surface area contributed by atoms with E-state index in [-0.39, 0.29) is 12.6 Å². The van der Waals surface area contributed by atoms with E-state index in [0.29, 0.717) is 0 Å². The molecule has 0 aromatic rings. The SMILES string of the molecule is C1=NCCN1.N.O=CO. The maximum atomic E-state index is 8.36. The molecule has 0 bridgehead atoms.